The molecule has 1 N–H and O–H groups in total. The van der Waals surface area contributed by atoms with Crippen LogP contribution in [0.2, 0.25) is 0 Å². The second-order valence-corrected chi connectivity index (χ2v) is 7.16. The highest BCUT2D eigenvalue weighted by Crippen LogP contribution is 2.37. The van der Waals surface area contributed by atoms with E-state index in [1.165, 1.54) is 40.1 Å². The summed E-state index contributed by atoms with van der Waals surface area (Å²) in [5, 5.41) is 13.3. The van der Waals surface area contributed by atoms with Crippen LogP contribution in [0.3, 0.4) is 0 Å². The number of anilines is 1. The van der Waals surface area contributed by atoms with Gasteiger partial charge in [0, 0.05) is 31.7 Å². The van der Waals surface area contributed by atoms with Crippen molar-refractivity contribution >= 4 is 11.5 Å². The summed E-state index contributed by atoms with van der Waals surface area (Å²) in [5.41, 5.74) is 0.469. The maximum Gasteiger partial charge on any atom is 0.393 e. The molecule has 0 radical (unpaired) electrons. The van der Waals surface area contributed by atoms with Crippen molar-refractivity contribution in [2.75, 3.05) is 24.6 Å². The van der Waals surface area contributed by atoms with E-state index in [4.69, 9.17) is 0 Å². The van der Waals surface area contributed by atoms with Crippen LogP contribution in [0, 0.1) is 11.8 Å². The van der Waals surface area contributed by atoms with Crippen LogP contribution in [0.1, 0.15) is 18.5 Å². The molecular formula is C18H17F5N6O. The Hall–Kier alpha value is -2.89. The molecule has 3 aromatic rings. The molecule has 4 rings (SSSR count). The first kappa shape index (κ1) is 20.4. The van der Waals surface area contributed by atoms with Gasteiger partial charge in [0.15, 0.2) is 5.65 Å². The zero-order valence-corrected chi connectivity index (χ0v) is 15.5. The molecule has 4 heterocycles. The summed E-state index contributed by atoms with van der Waals surface area (Å²) >= 11 is 0. The van der Waals surface area contributed by atoms with Gasteiger partial charge in [0.05, 0.1) is 17.8 Å². The summed E-state index contributed by atoms with van der Waals surface area (Å²) in [6, 6.07) is 4.03. The molecule has 0 saturated carbocycles. The summed E-state index contributed by atoms with van der Waals surface area (Å²) in [6.45, 7) is -0.452. The molecule has 2 atom stereocenters. The first-order chi connectivity index (χ1) is 14.3. The van der Waals surface area contributed by atoms with Gasteiger partial charge in [-0.05, 0) is 18.6 Å². The molecule has 1 saturated heterocycles. The van der Waals surface area contributed by atoms with Gasteiger partial charge < -0.3 is 10.0 Å². The third-order valence-corrected chi connectivity index (χ3v) is 5.10. The zero-order chi connectivity index (χ0) is 21.5. The number of fused-ring (bicyclic) bond motifs is 1. The van der Waals surface area contributed by atoms with Crippen LogP contribution in [0.25, 0.3) is 17.0 Å². The van der Waals surface area contributed by atoms with Crippen molar-refractivity contribution < 1.29 is 27.1 Å². The van der Waals surface area contributed by atoms with E-state index < -0.39 is 30.1 Å². The van der Waals surface area contributed by atoms with E-state index in [-0.39, 0.29) is 37.6 Å². The van der Waals surface area contributed by atoms with Crippen LogP contribution >= 0.6 is 0 Å². The van der Waals surface area contributed by atoms with Gasteiger partial charge in [-0.1, -0.05) is 0 Å². The molecule has 30 heavy (non-hydrogen) atoms. The van der Waals surface area contributed by atoms with E-state index in [9.17, 15) is 27.1 Å². The SMILES string of the molecule is OC[C@@H]1C[C@@H](C(F)(F)F)CN(c2cc(-c3cnc4ccc(C(F)F)nn34)ncn2)C1. The first-order valence-electron chi connectivity index (χ1n) is 9.14. The number of aromatic nitrogens is 5. The maximum absolute atomic E-state index is 13.3. The number of alkyl halides is 5. The number of hydrogen-bond acceptors (Lipinski definition) is 6. The number of rotatable bonds is 4. The summed E-state index contributed by atoms with van der Waals surface area (Å²) in [5.74, 6) is -1.89. The molecular weight excluding hydrogens is 411 g/mol. The third kappa shape index (κ3) is 3.91. The molecule has 1 fully saturated rings. The molecule has 3 aromatic heterocycles. The summed E-state index contributed by atoms with van der Waals surface area (Å²) in [6.07, 6.45) is -4.73. The van der Waals surface area contributed by atoms with Crippen LogP contribution in [0.4, 0.5) is 27.8 Å². The lowest BCUT2D eigenvalue weighted by atomic mass is 9.89. The van der Waals surface area contributed by atoms with Crippen molar-refractivity contribution in [3.8, 4) is 11.4 Å². The normalized spacial score (nSPS) is 20.3. The average molecular weight is 428 g/mol. The molecule has 1 aliphatic heterocycles. The Kier molecular flexibility index (Phi) is 5.26. The van der Waals surface area contributed by atoms with Gasteiger partial charge in [-0.15, -0.1) is 0 Å². The number of nitrogens with zero attached hydrogens (tertiary/aromatic N) is 6. The standard InChI is InChI=1S/C18H17F5N6O/c19-17(20)12-1-2-15-24-5-14(29(15)27-12)13-4-16(26-9-25-13)28-6-10(8-30)3-11(7-28)18(21,22)23/h1-2,4-5,9-11,17,30H,3,6-8H2/t10-,11-/m1/s1. The van der Waals surface area contributed by atoms with E-state index in [0.29, 0.717) is 11.3 Å². The maximum atomic E-state index is 13.3. The summed E-state index contributed by atoms with van der Waals surface area (Å²) in [7, 11) is 0. The quantitative estimate of drug-likeness (QED) is 0.644. The van der Waals surface area contributed by atoms with Gasteiger partial charge >= 0.3 is 6.18 Å². The minimum atomic E-state index is -4.39. The number of halogens is 5. The van der Waals surface area contributed by atoms with Crippen LogP contribution in [0.15, 0.2) is 30.7 Å². The first-order valence-corrected chi connectivity index (χ1v) is 9.14. The third-order valence-electron chi connectivity index (χ3n) is 5.10. The monoisotopic (exact) mass is 428 g/mol. The molecule has 0 aromatic carbocycles. The van der Waals surface area contributed by atoms with E-state index in [0.717, 1.165) is 0 Å². The van der Waals surface area contributed by atoms with Gasteiger partial charge in [0.25, 0.3) is 6.43 Å². The number of hydrogen-bond donors (Lipinski definition) is 1. The van der Waals surface area contributed by atoms with Gasteiger partial charge in [-0.25, -0.2) is 28.2 Å². The lowest BCUT2D eigenvalue weighted by Gasteiger charge is -2.38. The highest BCUT2D eigenvalue weighted by atomic mass is 19.4. The van der Waals surface area contributed by atoms with Crippen LogP contribution in [-0.4, -0.2) is 55.5 Å². The predicted octanol–water partition coefficient (Wildman–Crippen LogP) is 3.12. The number of imidazole rings is 1. The Morgan fingerprint density at radius 1 is 1.13 bits per heavy atom. The largest absolute Gasteiger partial charge is 0.396 e. The number of aliphatic hydroxyl groups excluding tert-OH is 1. The van der Waals surface area contributed by atoms with Gasteiger partial charge in [0.1, 0.15) is 23.5 Å². The van der Waals surface area contributed by atoms with E-state index >= 15 is 0 Å². The highest BCUT2D eigenvalue weighted by molar-refractivity contribution is 5.62. The van der Waals surface area contributed by atoms with Crippen molar-refractivity contribution in [3.63, 3.8) is 0 Å². The van der Waals surface area contributed by atoms with Crippen molar-refractivity contribution in [2.24, 2.45) is 11.8 Å². The van der Waals surface area contributed by atoms with E-state index in [2.05, 4.69) is 20.1 Å². The minimum absolute atomic E-state index is 0.151. The topological polar surface area (TPSA) is 79.4 Å². The minimum Gasteiger partial charge on any atom is -0.396 e. The predicted molar refractivity (Wildman–Crippen MR) is 95.9 cm³/mol. The van der Waals surface area contributed by atoms with E-state index in [1.54, 1.807) is 0 Å². The lowest BCUT2D eigenvalue weighted by molar-refractivity contribution is -0.180. The summed E-state index contributed by atoms with van der Waals surface area (Å²) < 4.78 is 67.1. The van der Waals surface area contributed by atoms with Gasteiger partial charge in [-0.2, -0.15) is 18.3 Å². The molecule has 1 aliphatic rings. The Bertz CT molecular complexity index is 1040. The Morgan fingerprint density at radius 3 is 2.63 bits per heavy atom. The van der Waals surface area contributed by atoms with Crippen LogP contribution in [0.5, 0.6) is 0 Å². The molecule has 0 aliphatic carbocycles. The molecule has 0 spiro atoms. The van der Waals surface area contributed by atoms with Crippen LogP contribution in [-0.2, 0) is 0 Å². The molecule has 7 nitrogen and oxygen atoms in total. The summed E-state index contributed by atoms with van der Waals surface area (Å²) in [4.78, 5) is 13.8. The molecule has 0 amide bonds. The van der Waals surface area contributed by atoms with Crippen molar-refractivity contribution in [2.45, 2.75) is 19.0 Å². The fourth-order valence-corrected chi connectivity index (χ4v) is 3.60. The van der Waals surface area contributed by atoms with Crippen molar-refractivity contribution in [3.05, 3.63) is 36.4 Å². The fourth-order valence-electron chi connectivity index (χ4n) is 3.60. The second kappa shape index (κ2) is 7.74. The molecule has 0 unspecified atom stereocenters. The molecule has 0 bridgehead atoms. The van der Waals surface area contributed by atoms with Gasteiger partial charge in [-0.3, -0.25) is 0 Å². The second-order valence-electron chi connectivity index (χ2n) is 7.16. The molecule has 160 valence electrons. The van der Waals surface area contributed by atoms with Crippen molar-refractivity contribution in [1.82, 2.24) is 24.6 Å². The zero-order valence-electron chi connectivity index (χ0n) is 15.5. The lowest BCUT2D eigenvalue weighted by Crippen LogP contribution is -2.47. The Balaban J connectivity index is 1.69. The van der Waals surface area contributed by atoms with E-state index in [1.807, 2.05) is 0 Å². The van der Waals surface area contributed by atoms with Crippen molar-refractivity contribution in [1.29, 1.82) is 0 Å². The van der Waals surface area contributed by atoms with Crippen LogP contribution < -0.4 is 4.90 Å². The fraction of sp³-hybridized carbons (Fsp3) is 0.444. The number of piperidine rings is 1. The molecule has 12 heteroatoms. The van der Waals surface area contributed by atoms with Gasteiger partial charge in [0.2, 0.25) is 0 Å². The average Bonchev–Trinajstić information content (AvgIpc) is 3.16. The smallest absolute Gasteiger partial charge is 0.393 e. The highest BCUT2D eigenvalue weighted by Gasteiger charge is 2.44. The number of aliphatic hydroxyl groups is 1. The Morgan fingerprint density at radius 2 is 1.93 bits per heavy atom. The Labute approximate surface area is 167 Å².